The van der Waals surface area contributed by atoms with Crippen LogP contribution in [-0.2, 0) is 9.47 Å². The van der Waals surface area contributed by atoms with Gasteiger partial charge in [0.2, 0.25) is 0 Å². The van der Waals surface area contributed by atoms with E-state index in [2.05, 4.69) is 0 Å². The molecule has 0 aromatic rings. The molecular formula is C8H10N2O4. The van der Waals surface area contributed by atoms with Gasteiger partial charge in [0.05, 0.1) is 25.0 Å². The van der Waals surface area contributed by atoms with Crippen molar-refractivity contribution in [3.05, 3.63) is 0 Å². The minimum Gasteiger partial charge on any atom is -0.366 e. The molecule has 0 aromatic carbocycles. The molecule has 1 saturated heterocycles. The van der Waals surface area contributed by atoms with Gasteiger partial charge in [-0.15, -0.1) is 0 Å². The van der Waals surface area contributed by atoms with Crippen molar-refractivity contribution in [3.63, 3.8) is 0 Å². The van der Waals surface area contributed by atoms with Crippen LogP contribution in [-0.4, -0.2) is 35.0 Å². The van der Waals surface area contributed by atoms with Crippen molar-refractivity contribution < 1.29 is 19.7 Å². The smallest absolute Gasteiger partial charge is 0.182 e. The van der Waals surface area contributed by atoms with E-state index >= 15 is 0 Å². The van der Waals surface area contributed by atoms with Crippen molar-refractivity contribution >= 4 is 0 Å². The molecule has 4 unspecified atom stereocenters. The number of rotatable bonds is 2. The van der Waals surface area contributed by atoms with E-state index < -0.39 is 24.8 Å². The fraction of sp³-hybridized carbons (Fsp3) is 0.750. The summed E-state index contributed by atoms with van der Waals surface area (Å²) in [6.45, 7) is 0. The van der Waals surface area contributed by atoms with Crippen LogP contribution in [0.5, 0.6) is 0 Å². The van der Waals surface area contributed by atoms with Crippen LogP contribution in [0.1, 0.15) is 12.8 Å². The third kappa shape index (κ3) is 2.41. The molecule has 1 aliphatic heterocycles. The van der Waals surface area contributed by atoms with Gasteiger partial charge in [-0.3, -0.25) is 0 Å². The van der Waals surface area contributed by atoms with Crippen molar-refractivity contribution in [2.24, 2.45) is 0 Å². The van der Waals surface area contributed by atoms with Gasteiger partial charge in [0.1, 0.15) is 12.2 Å². The Morgan fingerprint density at radius 3 is 1.57 bits per heavy atom. The summed E-state index contributed by atoms with van der Waals surface area (Å²) in [6.07, 6.45) is -4.39. The number of nitriles is 2. The van der Waals surface area contributed by atoms with E-state index in [1.807, 2.05) is 0 Å². The van der Waals surface area contributed by atoms with Gasteiger partial charge in [-0.05, 0) is 0 Å². The molecule has 4 atom stereocenters. The van der Waals surface area contributed by atoms with Gasteiger partial charge in [0.25, 0.3) is 0 Å². The second-order valence-electron chi connectivity index (χ2n) is 2.85. The molecule has 14 heavy (non-hydrogen) atoms. The van der Waals surface area contributed by atoms with E-state index in [0.717, 1.165) is 0 Å². The fourth-order valence-electron chi connectivity index (χ4n) is 1.15. The molecule has 76 valence electrons. The first-order valence-corrected chi connectivity index (χ1v) is 4.10. The van der Waals surface area contributed by atoms with Crippen LogP contribution in [0.4, 0.5) is 0 Å². The highest BCUT2D eigenvalue weighted by Crippen LogP contribution is 2.21. The maximum absolute atomic E-state index is 9.30. The zero-order valence-electron chi connectivity index (χ0n) is 7.33. The van der Waals surface area contributed by atoms with Crippen LogP contribution in [0.15, 0.2) is 0 Å². The van der Waals surface area contributed by atoms with E-state index in [-0.39, 0.29) is 12.8 Å². The maximum atomic E-state index is 9.30. The first-order valence-electron chi connectivity index (χ1n) is 4.10. The Bertz CT molecular complexity index is 241. The highest BCUT2D eigenvalue weighted by molar-refractivity contribution is 4.86. The molecule has 1 heterocycles. The third-order valence-electron chi connectivity index (χ3n) is 1.85. The van der Waals surface area contributed by atoms with Gasteiger partial charge in [-0.1, -0.05) is 0 Å². The molecular weight excluding hydrogens is 188 g/mol. The lowest BCUT2D eigenvalue weighted by molar-refractivity contribution is -0.327. The Balaban J connectivity index is 2.54. The average Bonchev–Trinajstić information content (AvgIpc) is 2.14. The Labute approximate surface area is 80.9 Å². The number of nitrogens with zero attached hydrogens (tertiary/aromatic N) is 2. The van der Waals surface area contributed by atoms with E-state index in [9.17, 15) is 10.2 Å². The molecule has 0 radical (unpaired) electrons. The topological polar surface area (TPSA) is 106 Å². The van der Waals surface area contributed by atoms with Crippen molar-refractivity contribution in [3.8, 4) is 12.1 Å². The largest absolute Gasteiger partial charge is 0.366 e. The number of aliphatic hydroxyl groups excluding tert-OH is 2. The summed E-state index contributed by atoms with van der Waals surface area (Å²) in [5, 5.41) is 35.3. The summed E-state index contributed by atoms with van der Waals surface area (Å²) in [7, 11) is 0. The lowest BCUT2D eigenvalue weighted by Crippen LogP contribution is -2.49. The molecule has 0 bridgehead atoms. The van der Waals surface area contributed by atoms with E-state index in [0.29, 0.717) is 0 Å². The van der Waals surface area contributed by atoms with Gasteiger partial charge in [0.15, 0.2) is 12.6 Å². The fourth-order valence-corrected chi connectivity index (χ4v) is 1.15. The normalized spacial score (nSPS) is 37.1. The van der Waals surface area contributed by atoms with Crippen LogP contribution in [0, 0.1) is 22.7 Å². The van der Waals surface area contributed by atoms with Crippen molar-refractivity contribution in [2.75, 3.05) is 0 Å². The summed E-state index contributed by atoms with van der Waals surface area (Å²) in [6, 6.07) is 3.59. The second-order valence-corrected chi connectivity index (χ2v) is 2.85. The number of aliphatic hydroxyl groups is 2. The molecule has 1 fully saturated rings. The van der Waals surface area contributed by atoms with Crippen molar-refractivity contribution in [2.45, 2.75) is 37.6 Å². The maximum Gasteiger partial charge on any atom is 0.182 e. The van der Waals surface area contributed by atoms with E-state index in [1.165, 1.54) is 0 Å². The SMILES string of the molecule is N#CCC1OC(O)C(CC#N)OC1O. The Morgan fingerprint density at radius 1 is 0.929 bits per heavy atom. The van der Waals surface area contributed by atoms with Crippen LogP contribution < -0.4 is 0 Å². The monoisotopic (exact) mass is 198 g/mol. The predicted octanol–water partition coefficient (Wildman–Crippen LogP) is -0.765. The standard InChI is InChI=1S/C8H10N2O4/c9-3-1-5-7(11)14-6(2-4-10)8(12)13-5/h5-8,11-12H,1-2H2. The number of hydrogen-bond donors (Lipinski definition) is 2. The van der Waals surface area contributed by atoms with Gasteiger partial charge in [-0.2, -0.15) is 10.5 Å². The summed E-state index contributed by atoms with van der Waals surface area (Å²) in [5.74, 6) is 0. The molecule has 0 aliphatic carbocycles. The van der Waals surface area contributed by atoms with Gasteiger partial charge in [0, 0.05) is 0 Å². The molecule has 1 rings (SSSR count). The predicted molar refractivity (Wildman–Crippen MR) is 42.2 cm³/mol. The van der Waals surface area contributed by atoms with Gasteiger partial charge >= 0.3 is 0 Å². The molecule has 6 heteroatoms. The molecule has 6 nitrogen and oxygen atoms in total. The summed E-state index contributed by atoms with van der Waals surface area (Å²) in [4.78, 5) is 0. The minimum atomic E-state index is -1.27. The quantitative estimate of drug-likeness (QED) is 0.603. The second kappa shape index (κ2) is 4.89. The Hall–Kier alpha value is -1.18. The third-order valence-corrected chi connectivity index (χ3v) is 1.85. The number of ether oxygens (including phenoxy) is 2. The zero-order valence-corrected chi connectivity index (χ0v) is 7.33. The van der Waals surface area contributed by atoms with E-state index in [1.54, 1.807) is 12.1 Å². The van der Waals surface area contributed by atoms with Crippen molar-refractivity contribution in [1.29, 1.82) is 10.5 Å². The van der Waals surface area contributed by atoms with Crippen molar-refractivity contribution in [1.82, 2.24) is 0 Å². The molecule has 0 spiro atoms. The zero-order chi connectivity index (χ0) is 10.6. The molecule has 0 aromatic heterocycles. The summed E-state index contributed by atoms with van der Waals surface area (Å²) < 4.78 is 9.82. The lowest BCUT2D eigenvalue weighted by Gasteiger charge is -2.35. The highest BCUT2D eigenvalue weighted by Gasteiger charge is 2.36. The summed E-state index contributed by atoms with van der Waals surface area (Å²) in [5.41, 5.74) is 0. The van der Waals surface area contributed by atoms with E-state index in [4.69, 9.17) is 20.0 Å². The van der Waals surface area contributed by atoms with Crippen LogP contribution in [0.2, 0.25) is 0 Å². The van der Waals surface area contributed by atoms with Crippen LogP contribution in [0.25, 0.3) is 0 Å². The molecule has 2 N–H and O–H groups in total. The molecule has 1 aliphatic rings. The Morgan fingerprint density at radius 2 is 1.29 bits per heavy atom. The summed E-state index contributed by atoms with van der Waals surface area (Å²) >= 11 is 0. The molecule has 0 amide bonds. The van der Waals surface area contributed by atoms with Gasteiger partial charge < -0.3 is 19.7 Å². The first kappa shape index (κ1) is 10.9. The Kier molecular flexibility index (Phi) is 3.81. The molecule has 0 saturated carbocycles. The van der Waals surface area contributed by atoms with Crippen LogP contribution >= 0.6 is 0 Å². The van der Waals surface area contributed by atoms with Gasteiger partial charge in [-0.25, -0.2) is 0 Å². The minimum absolute atomic E-state index is 0.0719. The average molecular weight is 198 g/mol. The van der Waals surface area contributed by atoms with Crippen LogP contribution in [0.3, 0.4) is 0 Å². The highest BCUT2D eigenvalue weighted by atomic mass is 16.7. The number of hydrogen-bond acceptors (Lipinski definition) is 6. The lowest BCUT2D eigenvalue weighted by atomic mass is 10.2. The first-order chi connectivity index (χ1) is 6.69.